The van der Waals surface area contributed by atoms with Crippen molar-refractivity contribution in [3.05, 3.63) is 62.1 Å². The maximum Gasteiger partial charge on any atom is 0.293 e. The summed E-state index contributed by atoms with van der Waals surface area (Å²) in [5.41, 5.74) is -0.0907. The molecule has 0 aliphatic rings. The van der Waals surface area contributed by atoms with Crippen LogP contribution in [0.15, 0.2) is 41.3 Å². The molecule has 7 nitrogen and oxygen atoms in total. The van der Waals surface area contributed by atoms with Gasteiger partial charge in [-0.15, -0.1) is 0 Å². The van der Waals surface area contributed by atoms with Crippen LogP contribution < -0.4 is 9.46 Å². The van der Waals surface area contributed by atoms with Gasteiger partial charge in [-0.25, -0.2) is 13.1 Å². The van der Waals surface area contributed by atoms with Crippen molar-refractivity contribution in [1.29, 1.82) is 0 Å². The fourth-order valence-corrected chi connectivity index (χ4v) is 4.15. The van der Waals surface area contributed by atoms with Crippen molar-refractivity contribution < 1.29 is 18.1 Å². The van der Waals surface area contributed by atoms with Gasteiger partial charge >= 0.3 is 0 Å². The number of nitrogens with zero attached hydrogens (tertiary/aromatic N) is 1. The molecule has 1 N–H and O–H groups in total. The van der Waals surface area contributed by atoms with Crippen molar-refractivity contribution >= 4 is 38.9 Å². The van der Waals surface area contributed by atoms with E-state index in [9.17, 15) is 18.5 Å². The molecule has 0 aliphatic heterocycles. The monoisotopic (exact) mass is 404 g/mol. The maximum atomic E-state index is 12.6. The van der Waals surface area contributed by atoms with E-state index in [1.165, 1.54) is 19.2 Å². The lowest BCUT2D eigenvalue weighted by Crippen LogP contribution is -2.27. The minimum Gasteiger partial charge on any atom is -0.497 e. The van der Waals surface area contributed by atoms with Gasteiger partial charge in [0.15, 0.2) is 4.90 Å². The molecular weight excluding hydrogens is 391 g/mol. The van der Waals surface area contributed by atoms with E-state index in [4.69, 9.17) is 27.9 Å². The molecule has 0 bridgehead atoms. The van der Waals surface area contributed by atoms with Crippen molar-refractivity contribution in [3.63, 3.8) is 0 Å². The Hall–Kier alpha value is -1.87. The number of nitro benzene ring substituents is 1. The van der Waals surface area contributed by atoms with Crippen LogP contribution in [0.4, 0.5) is 5.69 Å². The van der Waals surface area contributed by atoms with Gasteiger partial charge in [-0.3, -0.25) is 10.1 Å². The summed E-state index contributed by atoms with van der Waals surface area (Å²) in [6, 6.07) is 7.42. The number of halogens is 2. The largest absolute Gasteiger partial charge is 0.497 e. The van der Waals surface area contributed by atoms with E-state index in [0.717, 1.165) is 12.1 Å². The summed E-state index contributed by atoms with van der Waals surface area (Å²) >= 11 is 11.9. The topological polar surface area (TPSA) is 98.5 Å². The van der Waals surface area contributed by atoms with Crippen LogP contribution in [-0.4, -0.2) is 20.5 Å². The zero-order chi connectivity index (χ0) is 18.8. The molecule has 25 heavy (non-hydrogen) atoms. The van der Waals surface area contributed by atoms with Gasteiger partial charge < -0.3 is 4.74 Å². The van der Waals surface area contributed by atoms with Gasteiger partial charge in [0.05, 0.1) is 18.1 Å². The highest BCUT2D eigenvalue weighted by Gasteiger charge is 2.28. The molecule has 0 amide bonds. The van der Waals surface area contributed by atoms with E-state index in [0.29, 0.717) is 10.6 Å². The number of methoxy groups -OCH3 is 1. The van der Waals surface area contributed by atoms with Gasteiger partial charge in [0.1, 0.15) is 5.75 Å². The van der Waals surface area contributed by atoms with Gasteiger partial charge in [0.25, 0.3) is 5.69 Å². The van der Waals surface area contributed by atoms with Crippen LogP contribution in [0.2, 0.25) is 10.0 Å². The molecule has 0 aliphatic carbocycles. The summed E-state index contributed by atoms with van der Waals surface area (Å²) in [5.74, 6) is 0.180. The van der Waals surface area contributed by atoms with Crippen LogP contribution in [0.5, 0.6) is 5.75 Å². The number of sulfonamides is 1. The molecule has 0 fully saturated rings. The molecule has 2 aromatic carbocycles. The second-order valence-corrected chi connectivity index (χ2v) is 7.63. The fraction of sp³-hybridized carbons (Fsp3) is 0.200. The molecule has 0 radical (unpaired) electrons. The predicted octanol–water partition coefficient (Wildman–Crippen LogP) is 3.95. The Kier molecular flexibility index (Phi) is 5.89. The van der Waals surface area contributed by atoms with Gasteiger partial charge in [-0.05, 0) is 36.8 Å². The van der Waals surface area contributed by atoms with Crippen LogP contribution in [0.3, 0.4) is 0 Å². The van der Waals surface area contributed by atoms with Crippen molar-refractivity contribution in [2.75, 3.05) is 7.11 Å². The Bertz CT molecular complexity index is 918. The van der Waals surface area contributed by atoms with Crippen LogP contribution in [-0.2, 0) is 10.0 Å². The van der Waals surface area contributed by atoms with Gasteiger partial charge in [0, 0.05) is 16.1 Å². The molecule has 0 spiro atoms. The predicted molar refractivity (Wildman–Crippen MR) is 94.8 cm³/mol. The lowest BCUT2D eigenvalue weighted by molar-refractivity contribution is -0.387. The first-order chi connectivity index (χ1) is 11.7. The minimum atomic E-state index is -4.17. The average molecular weight is 405 g/mol. The molecule has 1 unspecified atom stereocenters. The molecule has 2 aromatic rings. The molecule has 0 saturated heterocycles. The second kappa shape index (κ2) is 7.57. The van der Waals surface area contributed by atoms with Gasteiger partial charge in [-0.2, -0.15) is 0 Å². The number of hydrogen-bond donors (Lipinski definition) is 1. The molecule has 10 heteroatoms. The Morgan fingerprint density at radius 3 is 2.44 bits per heavy atom. The van der Waals surface area contributed by atoms with E-state index in [1.54, 1.807) is 19.1 Å². The van der Waals surface area contributed by atoms with Crippen LogP contribution in [0.25, 0.3) is 0 Å². The average Bonchev–Trinajstić information content (AvgIpc) is 2.53. The Morgan fingerprint density at radius 2 is 1.88 bits per heavy atom. The summed E-state index contributed by atoms with van der Waals surface area (Å²) < 4.78 is 32.5. The smallest absolute Gasteiger partial charge is 0.293 e. The molecule has 2 rings (SSSR count). The quantitative estimate of drug-likeness (QED) is 0.580. The lowest BCUT2D eigenvalue weighted by Gasteiger charge is -2.16. The Labute approximate surface area is 154 Å². The SMILES string of the molecule is COc1ccc(S(=O)(=O)NC(C)c2ccc(Cl)cc2Cl)c([N+](=O)[O-])c1. The van der Waals surface area contributed by atoms with Gasteiger partial charge in [0.2, 0.25) is 10.0 Å². The molecule has 134 valence electrons. The zero-order valence-corrected chi connectivity index (χ0v) is 15.5. The van der Waals surface area contributed by atoms with Crippen molar-refractivity contribution in [3.8, 4) is 5.75 Å². The molecule has 1 atom stereocenters. The summed E-state index contributed by atoms with van der Waals surface area (Å²) in [7, 11) is -2.84. The molecule has 0 aromatic heterocycles. The normalized spacial score (nSPS) is 12.6. The summed E-state index contributed by atoms with van der Waals surface area (Å²) in [6.07, 6.45) is 0. The molecular formula is C15H14Cl2N2O5S. The first-order valence-corrected chi connectivity index (χ1v) is 9.19. The van der Waals surface area contributed by atoms with Crippen LogP contribution >= 0.6 is 23.2 Å². The second-order valence-electron chi connectivity index (χ2n) is 5.10. The van der Waals surface area contributed by atoms with Crippen LogP contribution in [0, 0.1) is 10.1 Å². The first-order valence-electron chi connectivity index (χ1n) is 6.95. The number of hydrogen-bond acceptors (Lipinski definition) is 5. The number of rotatable bonds is 6. The third kappa shape index (κ3) is 4.40. The van der Waals surface area contributed by atoms with Gasteiger partial charge in [-0.1, -0.05) is 29.3 Å². The molecule has 0 saturated carbocycles. The van der Waals surface area contributed by atoms with E-state index in [2.05, 4.69) is 4.72 Å². The highest BCUT2D eigenvalue weighted by molar-refractivity contribution is 7.89. The maximum absolute atomic E-state index is 12.6. The minimum absolute atomic E-state index is 0.180. The third-order valence-corrected chi connectivity index (χ3v) is 5.56. The Balaban J connectivity index is 2.40. The van der Waals surface area contributed by atoms with Crippen molar-refractivity contribution in [2.24, 2.45) is 0 Å². The van der Waals surface area contributed by atoms with Crippen LogP contribution in [0.1, 0.15) is 18.5 Å². The number of nitro groups is 1. The lowest BCUT2D eigenvalue weighted by atomic mass is 10.1. The zero-order valence-electron chi connectivity index (χ0n) is 13.2. The highest BCUT2D eigenvalue weighted by Crippen LogP contribution is 2.31. The molecule has 0 heterocycles. The van der Waals surface area contributed by atoms with Crippen molar-refractivity contribution in [1.82, 2.24) is 4.72 Å². The fourth-order valence-electron chi connectivity index (χ4n) is 2.21. The van der Waals surface area contributed by atoms with E-state index in [1.807, 2.05) is 0 Å². The first kappa shape index (κ1) is 19.5. The number of nitrogens with one attached hydrogen (secondary N) is 1. The van der Waals surface area contributed by atoms with E-state index >= 15 is 0 Å². The third-order valence-electron chi connectivity index (χ3n) is 3.41. The van der Waals surface area contributed by atoms with E-state index in [-0.39, 0.29) is 10.8 Å². The summed E-state index contributed by atoms with van der Waals surface area (Å²) in [4.78, 5) is 9.96. The van der Waals surface area contributed by atoms with Crippen molar-refractivity contribution in [2.45, 2.75) is 17.9 Å². The van der Waals surface area contributed by atoms with E-state index < -0.39 is 31.6 Å². The standard InChI is InChI=1S/C15H14Cl2N2O5S/c1-9(12-5-3-10(16)7-13(12)17)18-25(22,23)15-6-4-11(24-2)8-14(15)19(20)21/h3-9,18H,1-2H3. The number of ether oxygens (including phenoxy) is 1. The Morgan fingerprint density at radius 1 is 1.20 bits per heavy atom. The highest BCUT2D eigenvalue weighted by atomic mass is 35.5. The number of benzene rings is 2. The summed E-state index contributed by atoms with van der Waals surface area (Å²) in [5, 5.41) is 11.9. The summed E-state index contributed by atoms with van der Waals surface area (Å²) in [6.45, 7) is 1.57.